The molecule has 0 bridgehead atoms. The van der Waals surface area contributed by atoms with Gasteiger partial charge in [-0.25, -0.2) is 8.42 Å². The molecule has 0 radical (unpaired) electrons. The molecule has 6 heteroatoms. The molecule has 27 heavy (non-hydrogen) atoms. The lowest BCUT2D eigenvalue weighted by Gasteiger charge is -2.30. The molecule has 0 aliphatic heterocycles. The zero-order chi connectivity index (χ0) is 20.2. The highest BCUT2D eigenvalue weighted by Crippen LogP contribution is 2.23. The Morgan fingerprint density at radius 2 is 1.70 bits per heavy atom. The molecule has 5 nitrogen and oxygen atoms in total. The molecular formula is C21H28N2O3S. The summed E-state index contributed by atoms with van der Waals surface area (Å²) in [6.45, 7) is 7.50. The molecule has 2 aromatic rings. The fourth-order valence-electron chi connectivity index (χ4n) is 3.09. The van der Waals surface area contributed by atoms with Gasteiger partial charge in [-0.05, 0) is 50.5 Å². The van der Waals surface area contributed by atoms with Crippen LogP contribution in [-0.2, 0) is 14.8 Å². The number of benzene rings is 2. The number of anilines is 1. The van der Waals surface area contributed by atoms with Crippen molar-refractivity contribution in [1.82, 2.24) is 5.32 Å². The Balaban J connectivity index is 2.27. The summed E-state index contributed by atoms with van der Waals surface area (Å²) in [5, 5.41) is 2.99. The number of hydrogen-bond acceptors (Lipinski definition) is 3. The Hall–Kier alpha value is -2.34. The van der Waals surface area contributed by atoms with Crippen LogP contribution in [-0.4, -0.2) is 26.6 Å². The van der Waals surface area contributed by atoms with Crippen LogP contribution in [0.2, 0.25) is 0 Å². The third-order valence-corrected chi connectivity index (χ3v) is 5.79. The summed E-state index contributed by atoms with van der Waals surface area (Å²) in [5.74, 6) is -0.325. The second-order valence-electron chi connectivity index (χ2n) is 6.95. The highest BCUT2D eigenvalue weighted by atomic mass is 32.2. The van der Waals surface area contributed by atoms with E-state index in [0.717, 1.165) is 22.9 Å². The SMILES string of the molecule is CC[C@@H](NC(=O)[C@@H](C)N(c1cccc(C)c1)S(C)(=O)=O)c1ccc(C)cc1. The summed E-state index contributed by atoms with van der Waals surface area (Å²) in [7, 11) is -3.62. The number of nitrogens with one attached hydrogen (secondary N) is 1. The number of nitrogens with zero attached hydrogens (tertiary/aromatic N) is 1. The molecule has 1 amide bonds. The van der Waals surface area contributed by atoms with Crippen molar-refractivity contribution >= 4 is 21.6 Å². The van der Waals surface area contributed by atoms with E-state index < -0.39 is 16.1 Å². The van der Waals surface area contributed by atoms with Crippen molar-refractivity contribution in [3.8, 4) is 0 Å². The maximum absolute atomic E-state index is 12.9. The van der Waals surface area contributed by atoms with Gasteiger partial charge in [-0.15, -0.1) is 0 Å². The van der Waals surface area contributed by atoms with Crippen molar-refractivity contribution < 1.29 is 13.2 Å². The predicted molar refractivity (Wildman–Crippen MR) is 110 cm³/mol. The molecule has 2 rings (SSSR count). The highest BCUT2D eigenvalue weighted by Gasteiger charge is 2.30. The van der Waals surface area contributed by atoms with Gasteiger partial charge in [-0.2, -0.15) is 0 Å². The van der Waals surface area contributed by atoms with E-state index in [1.54, 1.807) is 25.1 Å². The zero-order valence-corrected chi connectivity index (χ0v) is 17.4. The third kappa shape index (κ3) is 5.32. The first-order valence-electron chi connectivity index (χ1n) is 9.06. The summed E-state index contributed by atoms with van der Waals surface area (Å²) in [6, 6.07) is 14.1. The molecule has 0 saturated heterocycles. The lowest BCUT2D eigenvalue weighted by molar-refractivity contribution is -0.122. The van der Waals surface area contributed by atoms with Gasteiger partial charge in [0.15, 0.2) is 0 Å². The highest BCUT2D eigenvalue weighted by molar-refractivity contribution is 7.92. The molecule has 0 unspecified atom stereocenters. The molecule has 2 aromatic carbocycles. The summed E-state index contributed by atoms with van der Waals surface area (Å²) in [5.41, 5.74) is 3.57. The van der Waals surface area contributed by atoms with Crippen molar-refractivity contribution in [3.05, 3.63) is 65.2 Å². The zero-order valence-electron chi connectivity index (χ0n) is 16.6. The largest absolute Gasteiger partial charge is 0.347 e. The van der Waals surface area contributed by atoms with E-state index in [0.29, 0.717) is 12.1 Å². The lowest BCUT2D eigenvalue weighted by atomic mass is 10.0. The molecule has 0 heterocycles. The van der Waals surface area contributed by atoms with E-state index in [4.69, 9.17) is 0 Å². The average Bonchev–Trinajstić information content (AvgIpc) is 2.59. The van der Waals surface area contributed by atoms with Gasteiger partial charge in [-0.1, -0.05) is 48.9 Å². The van der Waals surface area contributed by atoms with Crippen LogP contribution in [0.15, 0.2) is 48.5 Å². The summed E-state index contributed by atoms with van der Waals surface area (Å²) >= 11 is 0. The quantitative estimate of drug-likeness (QED) is 0.786. The number of carbonyl (C=O) groups is 1. The summed E-state index contributed by atoms with van der Waals surface area (Å²) in [4.78, 5) is 12.9. The molecule has 1 N–H and O–H groups in total. The van der Waals surface area contributed by atoms with E-state index in [9.17, 15) is 13.2 Å². The fourth-order valence-corrected chi connectivity index (χ4v) is 4.25. The van der Waals surface area contributed by atoms with Crippen LogP contribution in [0.3, 0.4) is 0 Å². The smallest absolute Gasteiger partial charge is 0.244 e. The standard InChI is InChI=1S/C21H28N2O3S/c1-6-20(18-12-10-15(2)11-13-18)22-21(24)17(4)23(27(5,25)26)19-9-7-8-16(3)14-19/h7-14,17,20H,6H2,1-5H3,(H,22,24)/t17-,20-/m1/s1. The molecule has 0 fully saturated rings. The van der Waals surface area contributed by atoms with E-state index in [1.807, 2.05) is 51.1 Å². The van der Waals surface area contributed by atoms with Gasteiger partial charge < -0.3 is 5.32 Å². The summed E-state index contributed by atoms with van der Waals surface area (Å²) < 4.78 is 26.0. The predicted octanol–water partition coefficient (Wildman–Crippen LogP) is 3.73. The molecule has 0 aliphatic carbocycles. The molecule has 0 saturated carbocycles. The van der Waals surface area contributed by atoms with Gasteiger partial charge in [0, 0.05) is 0 Å². The van der Waals surface area contributed by atoms with Crippen LogP contribution in [0, 0.1) is 13.8 Å². The monoisotopic (exact) mass is 388 g/mol. The van der Waals surface area contributed by atoms with Gasteiger partial charge in [0.1, 0.15) is 6.04 Å². The van der Waals surface area contributed by atoms with Crippen LogP contribution < -0.4 is 9.62 Å². The van der Waals surface area contributed by atoms with Crippen molar-refractivity contribution in [2.24, 2.45) is 0 Å². The molecular weight excluding hydrogens is 360 g/mol. The van der Waals surface area contributed by atoms with Crippen LogP contribution in [0.25, 0.3) is 0 Å². The molecule has 0 spiro atoms. The first kappa shape index (κ1) is 21.0. The van der Waals surface area contributed by atoms with E-state index in [2.05, 4.69) is 5.32 Å². The Bertz CT molecular complexity index is 892. The first-order valence-corrected chi connectivity index (χ1v) is 10.9. The normalized spacial score (nSPS) is 13.7. The van der Waals surface area contributed by atoms with Crippen LogP contribution in [0.1, 0.15) is 43.0 Å². The van der Waals surface area contributed by atoms with E-state index in [1.165, 1.54) is 4.31 Å². The van der Waals surface area contributed by atoms with E-state index >= 15 is 0 Å². The minimum Gasteiger partial charge on any atom is -0.347 e. The number of hydrogen-bond donors (Lipinski definition) is 1. The third-order valence-electron chi connectivity index (χ3n) is 4.55. The van der Waals surface area contributed by atoms with Crippen LogP contribution in [0.4, 0.5) is 5.69 Å². The van der Waals surface area contributed by atoms with Gasteiger partial charge in [0.2, 0.25) is 15.9 Å². The maximum Gasteiger partial charge on any atom is 0.244 e. The number of aryl methyl sites for hydroxylation is 2. The minimum atomic E-state index is -3.62. The second kappa shape index (κ2) is 8.57. The molecule has 0 aromatic heterocycles. The Labute approximate surface area is 162 Å². The number of sulfonamides is 1. The maximum atomic E-state index is 12.9. The van der Waals surface area contributed by atoms with Gasteiger partial charge in [0.05, 0.1) is 18.0 Å². The Morgan fingerprint density at radius 3 is 2.22 bits per heavy atom. The lowest BCUT2D eigenvalue weighted by Crippen LogP contribution is -2.48. The van der Waals surface area contributed by atoms with E-state index in [-0.39, 0.29) is 11.9 Å². The minimum absolute atomic E-state index is 0.167. The van der Waals surface area contributed by atoms with Crippen molar-refractivity contribution in [2.75, 3.05) is 10.6 Å². The van der Waals surface area contributed by atoms with Crippen molar-refractivity contribution in [1.29, 1.82) is 0 Å². The van der Waals surface area contributed by atoms with Gasteiger partial charge in [0.25, 0.3) is 0 Å². The topological polar surface area (TPSA) is 66.5 Å². The number of carbonyl (C=O) groups excluding carboxylic acids is 1. The Morgan fingerprint density at radius 1 is 1.07 bits per heavy atom. The van der Waals surface area contributed by atoms with Gasteiger partial charge in [-0.3, -0.25) is 9.10 Å². The van der Waals surface area contributed by atoms with Gasteiger partial charge >= 0.3 is 0 Å². The first-order chi connectivity index (χ1) is 12.6. The second-order valence-corrected chi connectivity index (χ2v) is 8.81. The molecule has 0 aliphatic rings. The van der Waals surface area contributed by atoms with Crippen molar-refractivity contribution in [2.45, 2.75) is 46.2 Å². The fraction of sp³-hybridized carbons (Fsp3) is 0.381. The number of rotatable bonds is 7. The molecule has 146 valence electrons. The number of amides is 1. The Kier molecular flexibility index (Phi) is 6.65. The molecule has 2 atom stereocenters. The average molecular weight is 389 g/mol. The summed E-state index contributed by atoms with van der Waals surface area (Å²) in [6.07, 6.45) is 1.83. The van der Waals surface area contributed by atoms with Crippen LogP contribution in [0.5, 0.6) is 0 Å². The van der Waals surface area contributed by atoms with Crippen LogP contribution >= 0.6 is 0 Å². The van der Waals surface area contributed by atoms with Crippen molar-refractivity contribution in [3.63, 3.8) is 0 Å².